The lowest BCUT2D eigenvalue weighted by Gasteiger charge is -2.36. The maximum absolute atomic E-state index is 12.4. The van der Waals surface area contributed by atoms with Crippen molar-refractivity contribution >= 4 is 17.6 Å². The second-order valence-corrected chi connectivity index (χ2v) is 6.27. The van der Waals surface area contributed by atoms with Gasteiger partial charge in [0.05, 0.1) is 17.7 Å². The van der Waals surface area contributed by atoms with Gasteiger partial charge in [0.15, 0.2) is 0 Å². The Kier molecular flexibility index (Phi) is 5.12. The molecule has 4 nitrogen and oxygen atoms in total. The highest BCUT2D eigenvalue weighted by molar-refractivity contribution is 6.33. The Bertz CT molecular complexity index is 510. The maximum Gasteiger partial charge on any atom is 0.340 e. The molecule has 1 N–H and O–H groups in total. The molecule has 0 bridgehead atoms. The van der Waals surface area contributed by atoms with Crippen molar-refractivity contribution in [1.29, 1.82) is 0 Å². The average molecular weight is 312 g/mol. The van der Waals surface area contributed by atoms with Crippen molar-refractivity contribution in [3.63, 3.8) is 0 Å². The zero-order valence-corrected chi connectivity index (χ0v) is 13.5. The van der Waals surface area contributed by atoms with Gasteiger partial charge in [-0.15, -0.1) is 0 Å². The zero-order valence-electron chi connectivity index (χ0n) is 12.7. The fourth-order valence-corrected chi connectivity index (χ4v) is 2.88. The van der Waals surface area contributed by atoms with Crippen LogP contribution in [0.1, 0.15) is 37.0 Å². The van der Waals surface area contributed by atoms with Gasteiger partial charge in [-0.3, -0.25) is 0 Å². The molecule has 1 aliphatic rings. The summed E-state index contributed by atoms with van der Waals surface area (Å²) < 4.78 is 10.9. The fourth-order valence-electron chi connectivity index (χ4n) is 2.68. The number of nitrogens with one attached hydrogen (secondary N) is 1. The van der Waals surface area contributed by atoms with E-state index in [0.29, 0.717) is 22.3 Å². The maximum atomic E-state index is 12.4. The fraction of sp³-hybridized carbons (Fsp3) is 0.562. The van der Waals surface area contributed by atoms with Gasteiger partial charge in [-0.2, -0.15) is 0 Å². The molecule has 116 valence electrons. The molecule has 0 aliphatic carbocycles. The molecule has 2 rings (SSSR count). The second-order valence-electron chi connectivity index (χ2n) is 5.86. The molecule has 0 amide bonds. The van der Waals surface area contributed by atoms with E-state index in [2.05, 4.69) is 5.32 Å². The van der Waals surface area contributed by atoms with Crippen molar-refractivity contribution in [3.8, 4) is 5.75 Å². The minimum atomic E-state index is -0.508. The summed E-state index contributed by atoms with van der Waals surface area (Å²) in [6.07, 6.45) is 2.01. The highest BCUT2D eigenvalue weighted by Gasteiger charge is 2.34. The van der Waals surface area contributed by atoms with Crippen molar-refractivity contribution in [2.75, 3.05) is 20.2 Å². The molecule has 1 heterocycles. The molecule has 0 saturated carbocycles. The van der Waals surface area contributed by atoms with Gasteiger partial charge in [-0.25, -0.2) is 4.79 Å². The van der Waals surface area contributed by atoms with E-state index >= 15 is 0 Å². The predicted molar refractivity (Wildman–Crippen MR) is 83.1 cm³/mol. The van der Waals surface area contributed by atoms with Gasteiger partial charge >= 0.3 is 5.97 Å². The molecule has 1 saturated heterocycles. The van der Waals surface area contributed by atoms with Crippen molar-refractivity contribution < 1.29 is 14.3 Å². The van der Waals surface area contributed by atoms with Crippen LogP contribution in [0.25, 0.3) is 0 Å². The topological polar surface area (TPSA) is 47.6 Å². The van der Waals surface area contributed by atoms with E-state index < -0.39 is 11.6 Å². The minimum Gasteiger partial charge on any atom is -0.497 e. The molecular weight excluding hydrogens is 290 g/mol. The zero-order chi connectivity index (χ0) is 15.5. The standard InChI is InChI=1S/C16H22ClNO3/c1-16(2,11-6-8-18-9-7-11)21-15(19)13-10-12(20-3)4-5-14(13)17/h4-5,10-11,18H,6-9H2,1-3H3. The first-order valence-electron chi connectivity index (χ1n) is 7.21. The number of esters is 1. The Hall–Kier alpha value is -1.26. The molecule has 0 aromatic heterocycles. The summed E-state index contributed by atoms with van der Waals surface area (Å²) in [5.74, 6) is 0.542. The third-order valence-electron chi connectivity index (χ3n) is 4.07. The van der Waals surface area contributed by atoms with Gasteiger partial charge < -0.3 is 14.8 Å². The second kappa shape index (κ2) is 6.67. The Morgan fingerprint density at radius 1 is 1.33 bits per heavy atom. The van der Waals surface area contributed by atoms with E-state index in [0.717, 1.165) is 25.9 Å². The van der Waals surface area contributed by atoms with Crippen LogP contribution in [0.15, 0.2) is 18.2 Å². The van der Waals surface area contributed by atoms with Gasteiger partial charge in [0.1, 0.15) is 11.4 Å². The van der Waals surface area contributed by atoms with Gasteiger partial charge in [-0.1, -0.05) is 11.6 Å². The Morgan fingerprint density at radius 3 is 2.62 bits per heavy atom. The Morgan fingerprint density at radius 2 is 2.00 bits per heavy atom. The summed E-state index contributed by atoms with van der Waals surface area (Å²) in [5.41, 5.74) is -0.163. The van der Waals surface area contributed by atoms with Crippen LogP contribution in [0.5, 0.6) is 5.75 Å². The van der Waals surface area contributed by atoms with Crippen molar-refractivity contribution in [1.82, 2.24) is 5.32 Å². The van der Waals surface area contributed by atoms with Crippen molar-refractivity contribution in [2.24, 2.45) is 5.92 Å². The lowest BCUT2D eigenvalue weighted by atomic mass is 9.83. The lowest BCUT2D eigenvalue weighted by Crippen LogP contribution is -2.42. The predicted octanol–water partition coefficient (Wildman–Crippen LogP) is 3.28. The van der Waals surface area contributed by atoms with E-state index in [-0.39, 0.29) is 0 Å². The van der Waals surface area contributed by atoms with Crippen molar-refractivity contribution in [2.45, 2.75) is 32.3 Å². The Labute approximate surface area is 130 Å². The number of rotatable bonds is 4. The third-order valence-corrected chi connectivity index (χ3v) is 4.40. The number of carbonyl (C=O) groups is 1. The molecule has 0 radical (unpaired) electrons. The van der Waals surface area contributed by atoms with E-state index in [4.69, 9.17) is 21.1 Å². The highest BCUT2D eigenvalue weighted by atomic mass is 35.5. The monoisotopic (exact) mass is 311 g/mol. The summed E-state index contributed by atoms with van der Waals surface area (Å²) in [7, 11) is 1.55. The number of carbonyl (C=O) groups excluding carboxylic acids is 1. The van der Waals surface area contributed by atoms with Gasteiger partial charge in [-0.05, 0) is 58.0 Å². The van der Waals surface area contributed by atoms with Gasteiger partial charge in [0, 0.05) is 5.92 Å². The normalized spacial score (nSPS) is 16.6. The van der Waals surface area contributed by atoms with Gasteiger partial charge in [0.25, 0.3) is 0 Å². The Balaban J connectivity index is 2.12. The molecule has 1 fully saturated rings. The lowest BCUT2D eigenvalue weighted by molar-refractivity contribution is -0.0368. The van der Waals surface area contributed by atoms with Gasteiger partial charge in [0.2, 0.25) is 0 Å². The number of ether oxygens (including phenoxy) is 2. The van der Waals surface area contributed by atoms with Crippen LogP contribution in [0, 0.1) is 5.92 Å². The van der Waals surface area contributed by atoms with Crippen LogP contribution in [-0.4, -0.2) is 31.8 Å². The van der Waals surface area contributed by atoms with Crippen LogP contribution in [0.2, 0.25) is 5.02 Å². The average Bonchev–Trinajstić information content (AvgIpc) is 2.48. The third kappa shape index (κ3) is 3.89. The highest BCUT2D eigenvalue weighted by Crippen LogP contribution is 2.31. The molecule has 1 aromatic rings. The largest absolute Gasteiger partial charge is 0.497 e. The summed E-state index contributed by atoms with van der Waals surface area (Å²) in [5, 5.41) is 3.69. The summed E-state index contributed by atoms with van der Waals surface area (Å²) in [6.45, 7) is 5.86. The molecular formula is C16H22ClNO3. The SMILES string of the molecule is COc1ccc(Cl)c(C(=O)OC(C)(C)C2CCNCC2)c1. The molecule has 21 heavy (non-hydrogen) atoms. The molecule has 0 atom stereocenters. The number of hydrogen-bond donors (Lipinski definition) is 1. The van der Waals surface area contributed by atoms with Crippen molar-refractivity contribution in [3.05, 3.63) is 28.8 Å². The first-order chi connectivity index (χ1) is 9.94. The first kappa shape index (κ1) is 16.1. The number of piperidine rings is 1. The summed E-state index contributed by atoms with van der Waals surface area (Å²) in [4.78, 5) is 12.4. The van der Waals surface area contributed by atoms with E-state index in [9.17, 15) is 4.79 Å². The van der Waals surface area contributed by atoms with Crippen LogP contribution in [0.3, 0.4) is 0 Å². The quantitative estimate of drug-likeness (QED) is 0.867. The smallest absolute Gasteiger partial charge is 0.340 e. The van der Waals surface area contributed by atoms with Crippen LogP contribution >= 0.6 is 11.6 Å². The van der Waals surface area contributed by atoms with E-state index in [1.807, 2.05) is 13.8 Å². The van der Waals surface area contributed by atoms with E-state index in [1.54, 1.807) is 25.3 Å². The molecule has 1 aliphatic heterocycles. The number of hydrogen-bond acceptors (Lipinski definition) is 4. The number of methoxy groups -OCH3 is 1. The molecule has 1 aromatic carbocycles. The summed E-state index contributed by atoms with van der Waals surface area (Å²) >= 11 is 6.10. The van der Waals surface area contributed by atoms with Crippen LogP contribution < -0.4 is 10.1 Å². The minimum absolute atomic E-state index is 0.345. The van der Waals surface area contributed by atoms with E-state index in [1.165, 1.54) is 0 Å². The molecule has 5 heteroatoms. The molecule has 0 unspecified atom stereocenters. The summed E-state index contributed by atoms with van der Waals surface area (Å²) in [6, 6.07) is 4.98. The van der Waals surface area contributed by atoms with Crippen LogP contribution in [0.4, 0.5) is 0 Å². The first-order valence-corrected chi connectivity index (χ1v) is 7.59. The van der Waals surface area contributed by atoms with Crippen LogP contribution in [-0.2, 0) is 4.74 Å². The molecule has 0 spiro atoms. The number of halogens is 1. The number of benzene rings is 1.